The van der Waals surface area contributed by atoms with Crippen molar-refractivity contribution in [3.63, 3.8) is 0 Å². The molecule has 0 N–H and O–H groups in total. The van der Waals surface area contributed by atoms with Gasteiger partial charge in [-0.1, -0.05) is 22.9 Å². The SMILES string of the molecule is CCN(CC#N)S(=O)(=O)c1ccc(Br)cc1F. The first-order valence-corrected chi connectivity index (χ1v) is 6.99. The number of sulfonamides is 1. The Labute approximate surface area is 108 Å². The first-order chi connectivity index (χ1) is 7.93. The monoisotopic (exact) mass is 320 g/mol. The van der Waals surface area contributed by atoms with E-state index in [1.165, 1.54) is 12.1 Å². The fourth-order valence-corrected chi connectivity index (χ4v) is 2.99. The van der Waals surface area contributed by atoms with E-state index in [1.807, 2.05) is 0 Å². The molecule has 92 valence electrons. The molecule has 17 heavy (non-hydrogen) atoms. The summed E-state index contributed by atoms with van der Waals surface area (Å²) in [7, 11) is -3.95. The number of rotatable bonds is 4. The second-order valence-corrected chi connectivity index (χ2v) is 5.99. The lowest BCUT2D eigenvalue weighted by molar-refractivity contribution is 0.456. The lowest BCUT2D eigenvalue weighted by atomic mass is 10.3. The minimum atomic E-state index is -3.95. The highest BCUT2D eigenvalue weighted by Gasteiger charge is 2.26. The van der Waals surface area contributed by atoms with Crippen molar-refractivity contribution in [2.75, 3.05) is 13.1 Å². The summed E-state index contributed by atoms with van der Waals surface area (Å²) in [4.78, 5) is -0.419. The average molecular weight is 321 g/mol. The molecule has 0 unspecified atom stereocenters. The van der Waals surface area contributed by atoms with E-state index in [1.54, 1.807) is 13.0 Å². The summed E-state index contributed by atoms with van der Waals surface area (Å²) in [6.07, 6.45) is 0. The van der Waals surface area contributed by atoms with E-state index in [0.717, 1.165) is 10.4 Å². The van der Waals surface area contributed by atoms with Crippen LogP contribution in [0.2, 0.25) is 0 Å². The van der Waals surface area contributed by atoms with Gasteiger partial charge in [0.25, 0.3) is 0 Å². The Morgan fingerprint density at radius 2 is 2.18 bits per heavy atom. The third-order valence-corrected chi connectivity index (χ3v) is 4.56. The van der Waals surface area contributed by atoms with Crippen LogP contribution in [0.3, 0.4) is 0 Å². The van der Waals surface area contributed by atoms with Crippen LogP contribution in [0.1, 0.15) is 6.92 Å². The summed E-state index contributed by atoms with van der Waals surface area (Å²) in [6.45, 7) is 1.41. The molecule has 0 spiro atoms. The normalized spacial score (nSPS) is 11.5. The highest BCUT2D eigenvalue weighted by molar-refractivity contribution is 9.10. The van der Waals surface area contributed by atoms with Crippen molar-refractivity contribution < 1.29 is 12.8 Å². The van der Waals surface area contributed by atoms with Gasteiger partial charge in [-0.3, -0.25) is 0 Å². The van der Waals surface area contributed by atoms with Gasteiger partial charge >= 0.3 is 0 Å². The van der Waals surface area contributed by atoms with E-state index >= 15 is 0 Å². The summed E-state index contributed by atoms with van der Waals surface area (Å²) >= 11 is 3.05. The summed E-state index contributed by atoms with van der Waals surface area (Å²) in [5.41, 5.74) is 0. The quantitative estimate of drug-likeness (QED) is 0.798. The van der Waals surface area contributed by atoms with Gasteiger partial charge in [0.15, 0.2) is 0 Å². The molecule has 0 radical (unpaired) electrons. The predicted molar refractivity (Wildman–Crippen MR) is 64.1 cm³/mol. The number of nitrogens with zero attached hydrogens (tertiary/aromatic N) is 2. The van der Waals surface area contributed by atoms with E-state index in [4.69, 9.17) is 5.26 Å². The summed E-state index contributed by atoms with van der Waals surface area (Å²) < 4.78 is 38.9. The van der Waals surface area contributed by atoms with E-state index in [0.29, 0.717) is 4.47 Å². The van der Waals surface area contributed by atoms with Crippen molar-refractivity contribution in [1.82, 2.24) is 4.31 Å². The molecule has 0 atom stereocenters. The minimum Gasteiger partial charge on any atom is -0.207 e. The van der Waals surface area contributed by atoms with Gasteiger partial charge in [-0.15, -0.1) is 0 Å². The maximum Gasteiger partial charge on any atom is 0.246 e. The number of halogens is 2. The van der Waals surface area contributed by atoms with Crippen molar-refractivity contribution in [2.24, 2.45) is 0 Å². The van der Waals surface area contributed by atoms with Crippen LogP contribution >= 0.6 is 15.9 Å². The molecule has 0 aliphatic carbocycles. The fourth-order valence-electron chi connectivity index (χ4n) is 1.27. The zero-order valence-corrected chi connectivity index (χ0v) is 11.4. The molecular weight excluding hydrogens is 311 g/mol. The second-order valence-electron chi connectivity index (χ2n) is 3.16. The first kappa shape index (κ1) is 14.1. The van der Waals surface area contributed by atoms with E-state index in [2.05, 4.69) is 15.9 Å². The van der Waals surface area contributed by atoms with Gasteiger partial charge < -0.3 is 0 Å². The molecule has 0 saturated heterocycles. The largest absolute Gasteiger partial charge is 0.246 e. The van der Waals surface area contributed by atoms with Gasteiger partial charge in [0, 0.05) is 11.0 Å². The molecule has 0 heterocycles. The summed E-state index contributed by atoms with van der Waals surface area (Å²) in [6, 6.07) is 5.43. The van der Waals surface area contributed by atoms with Crippen LogP contribution in [0.5, 0.6) is 0 Å². The van der Waals surface area contributed by atoms with E-state index < -0.39 is 20.7 Å². The zero-order chi connectivity index (χ0) is 13.1. The highest BCUT2D eigenvalue weighted by Crippen LogP contribution is 2.22. The highest BCUT2D eigenvalue weighted by atomic mass is 79.9. The van der Waals surface area contributed by atoms with Gasteiger partial charge in [0.05, 0.1) is 6.07 Å². The van der Waals surface area contributed by atoms with Crippen molar-refractivity contribution in [2.45, 2.75) is 11.8 Å². The molecule has 7 heteroatoms. The molecule has 1 aromatic rings. The van der Waals surface area contributed by atoms with Crippen LogP contribution in [0.15, 0.2) is 27.6 Å². The molecule has 0 aromatic heterocycles. The van der Waals surface area contributed by atoms with Crippen molar-refractivity contribution in [3.8, 4) is 6.07 Å². The fraction of sp³-hybridized carbons (Fsp3) is 0.300. The Kier molecular flexibility index (Phi) is 4.62. The molecule has 0 fully saturated rings. The minimum absolute atomic E-state index is 0.116. The van der Waals surface area contributed by atoms with Gasteiger partial charge in [-0.25, -0.2) is 12.8 Å². The number of hydrogen-bond donors (Lipinski definition) is 0. The van der Waals surface area contributed by atoms with Crippen LogP contribution in [0, 0.1) is 17.1 Å². The first-order valence-electron chi connectivity index (χ1n) is 4.75. The lowest BCUT2D eigenvalue weighted by Gasteiger charge is -2.17. The predicted octanol–water partition coefficient (Wildman–Crippen LogP) is 2.12. The number of benzene rings is 1. The molecular formula is C10H10BrFN2O2S. The molecule has 0 amide bonds. The number of hydrogen-bond acceptors (Lipinski definition) is 3. The Morgan fingerprint density at radius 3 is 2.65 bits per heavy atom. The van der Waals surface area contributed by atoms with Gasteiger partial charge in [0.2, 0.25) is 10.0 Å². The lowest BCUT2D eigenvalue weighted by Crippen LogP contribution is -2.31. The van der Waals surface area contributed by atoms with Crippen molar-refractivity contribution >= 4 is 26.0 Å². The summed E-state index contributed by atoms with van der Waals surface area (Å²) in [5, 5.41) is 8.53. The molecule has 1 aromatic carbocycles. The van der Waals surface area contributed by atoms with Crippen LogP contribution in [-0.2, 0) is 10.0 Å². The Morgan fingerprint density at radius 1 is 1.53 bits per heavy atom. The van der Waals surface area contributed by atoms with Crippen molar-refractivity contribution in [1.29, 1.82) is 5.26 Å². The van der Waals surface area contributed by atoms with Crippen LogP contribution in [-0.4, -0.2) is 25.8 Å². The van der Waals surface area contributed by atoms with Crippen LogP contribution in [0.4, 0.5) is 4.39 Å². The molecule has 4 nitrogen and oxygen atoms in total. The third kappa shape index (κ3) is 3.03. The molecule has 0 bridgehead atoms. The molecule has 0 aliphatic rings. The average Bonchev–Trinajstić information content (AvgIpc) is 2.24. The van der Waals surface area contributed by atoms with Gasteiger partial charge in [-0.2, -0.15) is 9.57 Å². The third-order valence-electron chi connectivity index (χ3n) is 2.11. The Bertz CT molecular complexity index is 554. The zero-order valence-electron chi connectivity index (χ0n) is 9.02. The van der Waals surface area contributed by atoms with Crippen LogP contribution in [0.25, 0.3) is 0 Å². The van der Waals surface area contributed by atoms with Gasteiger partial charge in [-0.05, 0) is 18.2 Å². The summed E-state index contributed by atoms with van der Waals surface area (Å²) in [5.74, 6) is -0.837. The van der Waals surface area contributed by atoms with E-state index in [9.17, 15) is 12.8 Å². The second kappa shape index (κ2) is 5.58. The maximum absolute atomic E-state index is 13.6. The van der Waals surface area contributed by atoms with Gasteiger partial charge in [0.1, 0.15) is 17.3 Å². The van der Waals surface area contributed by atoms with Crippen molar-refractivity contribution in [3.05, 3.63) is 28.5 Å². The Hall–Kier alpha value is -0.970. The molecule has 0 saturated carbocycles. The number of nitriles is 1. The smallest absolute Gasteiger partial charge is 0.207 e. The molecule has 1 rings (SSSR count). The Balaban J connectivity index is 3.26. The van der Waals surface area contributed by atoms with Crippen LogP contribution < -0.4 is 0 Å². The molecule has 0 aliphatic heterocycles. The maximum atomic E-state index is 13.6. The van der Waals surface area contributed by atoms with E-state index in [-0.39, 0.29) is 13.1 Å². The standard InChI is InChI=1S/C10H10BrFN2O2S/c1-2-14(6-5-13)17(15,16)10-4-3-8(11)7-9(10)12/h3-4,7H,2,6H2,1H3. The topological polar surface area (TPSA) is 61.2 Å².